The maximum absolute atomic E-state index is 6.19. The van der Waals surface area contributed by atoms with Crippen LogP contribution in [0.5, 0.6) is 17.2 Å². The third kappa shape index (κ3) is 4.75. The molecule has 1 N–H and O–H groups in total. The van der Waals surface area contributed by atoms with Gasteiger partial charge in [0.2, 0.25) is 0 Å². The molecule has 2 aromatic carbocycles. The molecular formula is C23H30N2O3S. The molecular weight excluding hydrogens is 384 g/mol. The first-order valence-electron chi connectivity index (χ1n) is 10.1. The highest BCUT2D eigenvalue weighted by Crippen LogP contribution is 2.38. The van der Waals surface area contributed by atoms with Crippen LogP contribution in [0.15, 0.2) is 36.4 Å². The number of nitrogens with zero attached hydrogens (tertiary/aromatic N) is 1. The van der Waals surface area contributed by atoms with E-state index >= 15 is 0 Å². The molecule has 0 aromatic heterocycles. The SMILES string of the molecule is CCNC(=S)N1CCc2cc(OC)c(OC)cc2[C@@H]1COc1ccc(CC)cc1. The van der Waals surface area contributed by atoms with Crippen LogP contribution in [0.2, 0.25) is 0 Å². The van der Waals surface area contributed by atoms with Crippen LogP contribution in [0.25, 0.3) is 0 Å². The highest BCUT2D eigenvalue weighted by molar-refractivity contribution is 7.80. The van der Waals surface area contributed by atoms with Crippen LogP contribution in [0.3, 0.4) is 0 Å². The summed E-state index contributed by atoms with van der Waals surface area (Å²) in [5.41, 5.74) is 3.71. The minimum Gasteiger partial charge on any atom is -0.493 e. The van der Waals surface area contributed by atoms with Crippen LogP contribution < -0.4 is 19.5 Å². The number of hydrogen-bond donors (Lipinski definition) is 1. The molecule has 5 nitrogen and oxygen atoms in total. The van der Waals surface area contributed by atoms with Crippen molar-refractivity contribution in [3.63, 3.8) is 0 Å². The summed E-state index contributed by atoms with van der Waals surface area (Å²) in [5.74, 6) is 2.34. The lowest BCUT2D eigenvalue weighted by atomic mass is 9.92. The molecule has 3 rings (SSSR count). The lowest BCUT2D eigenvalue weighted by Crippen LogP contribution is -2.47. The number of fused-ring (bicyclic) bond motifs is 1. The highest BCUT2D eigenvalue weighted by atomic mass is 32.1. The maximum Gasteiger partial charge on any atom is 0.169 e. The van der Waals surface area contributed by atoms with Crippen molar-refractivity contribution in [3.8, 4) is 17.2 Å². The van der Waals surface area contributed by atoms with E-state index < -0.39 is 0 Å². The standard InChI is InChI=1S/C23H30N2O3S/c1-5-16-7-9-18(10-8-16)28-15-20-19-14-22(27-4)21(26-3)13-17(19)11-12-25(20)23(29)24-6-2/h7-10,13-14,20H,5-6,11-12,15H2,1-4H3,(H,24,29)/t20-/m0/s1. The zero-order valence-corrected chi connectivity index (χ0v) is 18.5. The Morgan fingerprint density at radius 2 is 1.79 bits per heavy atom. The molecule has 0 unspecified atom stereocenters. The van der Waals surface area contributed by atoms with Gasteiger partial charge < -0.3 is 24.4 Å². The number of nitrogens with one attached hydrogen (secondary N) is 1. The predicted octanol–water partition coefficient (Wildman–Crippen LogP) is 4.14. The quantitative estimate of drug-likeness (QED) is 0.687. The van der Waals surface area contributed by atoms with E-state index in [0.29, 0.717) is 6.61 Å². The summed E-state index contributed by atoms with van der Waals surface area (Å²) in [6.45, 7) is 6.33. The topological polar surface area (TPSA) is 43.0 Å². The number of benzene rings is 2. The third-order valence-corrected chi connectivity index (χ3v) is 5.71. The van der Waals surface area contributed by atoms with E-state index in [1.807, 2.05) is 12.1 Å². The van der Waals surface area contributed by atoms with Crippen molar-refractivity contribution in [2.24, 2.45) is 0 Å². The van der Waals surface area contributed by atoms with Gasteiger partial charge in [0, 0.05) is 13.1 Å². The predicted molar refractivity (Wildman–Crippen MR) is 120 cm³/mol. The molecule has 0 saturated heterocycles. The molecule has 156 valence electrons. The summed E-state index contributed by atoms with van der Waals surface area (Å²) < 4.78 is 17.2. The van der Waals surface area contributed by atoms with Crippen molar-refractivity contribution >= 4 is 17.3 Å². The molecule has 6 heteroatoms. The smallest absolute Gasteiger partial charge is 0.169 e. The Morgan fingerprint density at radius 1 is 1.10 bits per heavy atom. The fourth-order valence-corrected chi connectivity index (χ4v) is 4.06. The van der Waals surface area contributed by atoms with E-state index in [2.05, 4.69) is 48.3 Å². The summed E-state index contributed by atoms with van der Waals surface area (Å²) >= 11 is 5.66. The zero-order valence-electron chi connectivity index (χ0n) is 17.7. The van der Waals surface area contributed by atoms with Crippen LogP contribution in [-0.4, -0.2) is 43.9 Å². The molecule has 0 spiro atoms. The number of hydrogen-bond acceptors (Lipinski definition) is 4. The van der Waals surface area contributed by atoms with Crippen molar-refractivity contribution in [2.75, 3.05) is 33.9 Å². The summed E-state index contributed by atoms with van der Waals surface area (Å²) in [7, 11) is 3.33. The fraction of sp³-hybridized carbons (Fsp3) is 0.435. The largest absolute Gasteiger partial charge is 0.493 e. The zero-order chi connectivity index (χ0) is 20.8. The first-order chi connectivity index (χ1) is 14.1. The van der Waals surface area contributed by atoms with E-state index in [-0.39, 0.29) is 6.04 Å². The summed E-state index contributed by atoms with van der Waals surface area (Å²) in [6.07, 6.45) is 1.91. The van der Waals surface area contributed by atoms with Gasteiger partial charge in [-0.2, -0.15) is 0 Å². The fourth-order valence-electron chi connectivity index (χ4n) is 3.70. The average Bonchev–Trinajstić information content (AvgIpc) is 2.76. The Kier molecular flexibility index (Phi) is 7.20. The summed E-state index contributed by atoms with van der Waals surface area (Å²) in [4.78, 5) is 2.22. The summed E-state index contributed by atoms with van der Waals surface area (Å²) in [6, 6.07) is 12.4. The lowest BCUT2D eigenvalue weighted by Gasteiger charge is -2.39. The molecule has 0 fully saturated rings. The molecule has 0 bridgehead atoms. The molecule has 1 atom stereocenters. The average molecular weight is 415 g/mol. The van der Waals surface area contributed by atoms with Gasteiger partial charge in [0.1, 0.15) is 12.4 Å². The Balaban J connectivity index is 1.90. The molecule has 1 aliphatic heterocycles. The molecule has 1 heterocycles. The molecule has 0 saturated carbocycles. The van der Waals surface area contributed by atoms with Crippen molar-refractivity contribution < 1.29 is 14.2 Å². The van der Waals surface area contributed by atoms with E-state index in [4.69, 9.17) is 26.4 Å². The van der Waals surface area contributed by atoms with Crippen LogP contribution in [0.4, 0.5) is 0 Å². The van der Waals surface area contributed by atoms with Gasteiger partial charge in [0.15, 0.2) is 16.6 Å². The van der Waals surface area contributed by atoms with Gasteiger partial charge in [0.05, 0.1) is 20.3 Å². The van der Waals surface area contributed by atoms with Gasteiger partial charge in [-0.05, 0) is 72.9 Å². The Hall–Kier alpha value is -2.47. The van der Waals surface area contributed by atoms with Crippen molar-refractivity contribution in [2.45, 2.75) is 32.7 Å². The van der Waals surface area contributed by atoms with Crippen LogP contribution in [0.1, 0.15) is 36.6 Å². The molecule has 0 amide bonds. The summed E-state index contributed by atoms with van der Waals surface area (Å²) in [5, 5.41) is 4.04. The second-order valence-electron chi connectivity index (χ2n) is 7.01. The number of methoxy groups -OCH3 is 2. The highest BCUT2D eigenvalue weighted by Gasteiger charge is 2.31. The van der Waals surface area contributed by atoms with Gasteiger partial charge in [0.25, 0.3) is 0 Å². The van der Waals surface area contributed by atoms with Crippen molar-refractivity contribution in [3.05, 3.63) is 53.1 Å². The molecule has 1 aliphatic rings. The minimum absolute atomic E-state index is 0.00374. The molecule has 0 aliphatic carbocycles. The Labute approximate surface area is 179 Å². The second kappa shape index (κ2) is 9.83. The van der Waals surface area contributed by atoms with Gasteiger partial charge in [-0.3, -0.25) is 0 Å². The normalized spacial score (nSPS) is 15.4. The van der Waals surface area contributed by atoms with Crippen LogP contribution in [0, 0.1) is 0 Å². The van der Waals surface area contributed by atoms with Crippen LogP contribution in [-0.2, 0) is 12.8 Å². The van der Waals surface area contributed by atoms with Gasteiger partial charge in [-0.15, -0.1) is 0 Å². The monoisotopic (exact) mass is 414 g/mol. The third-order valence-electron chi connectivity index (χ3n) is 5.33. The Bertz CT molecular complexity index is 839. The number of rotatable bonds is 7. The first kappa shape index (κ1) is 21.2. The number of ether oxygens (including phenoxy) is 3. The van der Waals surface area contributed by atoms with E-state index in [9.17, 15) is 0 Å². The molecule has 0 radical (unpaired) electrons. The van der Waals surface area contributed by atoms with E-state index in [1.54, 1.807) is 14.2 Å². The molecule has 2 aromatic rings. The number of thiocarbonyl (C=S) groups is 1. The second-order valence-corrected chi connectivity index (χ2v) is 7.40. The minimum atomic E-state index is -0.00374. The van der Waals surface area contributed by atoms with E-state index in [0.717, 1.165) is 48.3 Å². The van der Waals surface area contributed by atoms with Crippen molar-refractivity contribution in [1.29, 1.82) is 0 Å². The Morgan fingerprint density at radius 3 is 2.41 bits per heavy atom. The van der Waals surface area contributed by atoms with E-state index in [1.165, 1.54) is 16.7 Å². The van der Waals surface area contributed by atoms with Crippen molar-refractivity contribution in [1.82, 2.24) is 10.2 Å². The van der Waals surface area contributed by atoms with Gasteiger partial charge in [-0.25, -0.2) is 0 Å². The molecule has 29 heavy (non-hydrogen) atoms. The first-order valence-corrected chi connectivity index (χ1v) is 10.5. The van der Waals surface area contributed by atoms with Crippen LogP contribution >= 0.6 is 12.2 Å². The maximum atomic E-state index is 6.19. The lowest BCUT2D eigenvalue weighted by molar-refractivity contribution is 0.187. The van der Waals surface area contributed by atoms with Gasteiger partial charge in [-0.1, -0.05) is 19.1 Å². The number of aryl methyl sites for hydroxylation is 1. The van der Waals surface area contributed by atoms with Gasteiger partial charge >= 0.3 is 0 Å².